The van der Waals surface area contributed by atoms with Gasteiger partial charge in [-0.25, -0.2) is 14.6 Å². The Labute approximate surface area is 279 Å². The zero-order valence-electron chi connectivity index (χ0n) is 29.1. The first-order valence-electron chi connectivity index (χ1n) is 15.8. The van der Waals surface area contributed by atoms with Crippen molar-refractivity contribution in [1.82, 2.24) is 36.2 Å². The molecular weight excluding hydrogens is 602 g/mol. The molecule has 2 aromatic carbocycles. The highest BCUT2D eigenvalue weighted by Crippen LogP contribution is 2.15. The number of nitrogens with one attached hydrogen (secondary N) is 4. The molecule has 0 bridgehead atoms. The van der Waals surface area contributed by atoms with Crippen LogP contribution in [0.5, 0.6) is 5.75 Å². The van der Waals surface area contributed by atoms with Crippen LogP contribution in [0.1, 0.15) is 38.8 Å². The molecule has 0 saturated carbocycles. The summed E-state index contributed by atoms with van der Waals surface area (Å²) in [6, 6.07) is 13.4. The van der Waals surface area contributed by atoms with Gasteiger partial charge in [0.05, 0.1) is 19.3 Å². The summed E-state index contributed by atoms with van der Waals surface area (Å²) in [5.74, 6) is -0.688. The predicted octanol–water partition coefficient (Wildman–Crippen LogP) is 2.21. The molecule has 6 amide bonds. The van der Waals surface area contributed by atoms with E-state index in [-0.39, 0.29) is 31.3 Å². The third-order valence-electron chi connectivity index (χ3n) is 7.57. The molecule has 13 heteroatoms. The molecule has 13 nitrogen and oxygen atoms in total. The van der Waals surface area contributed by atoms with Crippen LogP contribution in [0.3, 0.4) is 0 Å². The van der Waals surface area contributed by atoms with Gasteiger partial charge in [0.2, 0.25) is 5.91 Å². The normalized spacial score (nSPS) is 13.7. The number of methoxy groups -OCH3 is 1. The molecule has 0 fully saturated rings. The van der Waals surface area contributed by atoms with Gasteiger partial charge >= 0.3 is 12.1 Å². The Kier molecular flexibility index (Phi) is 15.4. The highest BCUT2D eigenvalue weighted by atomic mass is 16.5. The number of urea groups is 2. The summed E-state index contributed by atoms with van der Waals surface area (Å²) in [5.41, 5.74) is 4.60. The molecule has 47 heavy (non-hydrogen) atoms. The highest BCUT2D eigenvalue weighted by Gasteiger charge is 2.32. The van der Waals surface area contributed by atoms with E-state index in [9.17, 15) is 24.3 Å². The third kappa shape index (κ3) is 12.7. The summed E-state index contributed by atoms with van der Waals surface area (Å²) in [4.78, 5) is 54.8. The van der Waals surface area contributed by atoms with Crippen LogP contribution < -0.4 is 26.1 Å². The first-order chi connectivity index (χ1) is 22.1. The van der Waals surface area contributed by atoms with Crippen molar-refractivity contribution in [2.75, 3.05) is 41.8 Å². The van der Waals surface area contributed by atoms with E-state index in [0.29, 0.717) is 5.75 Å². The van der Waals surface area contributed by atoms with E-state index in [1.54, 1.807) is 52.4 Å². The Bertz CT molecular complexity index is 1290. The van der Waals surface area contributed by atoms with Crippen molar-refractivity contribution in [3.05, 3.63) is 65.7 Å². The van der Waals surface area contributed by atoms with Gasteiger partial charge in [-0.05, 0) is 41.5 Å². The van der Waals surface area contributed by atoms with Gasteiger partial charge in [0.15, 0.2) is 0 Å². The predicted molar refractivity (Wildman–Crippen MR) is 181 cm³/mol. The molecule has 0 aliphatic heterocycles. The van der Waals surface area contributed by atoms with Crippen molar-refractivity contribution in [2.24, 2.45) is 11.8 Å². The molecule has 0 radical (unpaired) electrons. The number of aliphatic hydroxyl groups is 1. The fraction of sp³-hybridized carbons (Fsp3) is 0.529. The number of carbonyl (C=O) groups is 4. The number of rotatable bonds is 16. The van der Waals surface area contributed by atoms with Crippen LogP contribution in [-0.2, 0) is 22.6 Å². The summed E-state index contributed by atoms with van der Waals surface area (Å²) < 4.78 is 5.28. The zero-order valence-corrected chi connectivity index (χ0v) is 29.1. The van der Waals surface area contributed by atoms with Crippen LogP contribution >= 0.6 is 0 Å². The molecule has 2 aromatic rings. The molecule has 0 spiro atoms. The van der Waals surface area contributed by atoms with Gasteiger partial charge in [-0.2, -0.15) is 0 Å². The second-order valence-corrected chi connectivity index (χ2v) is 12.7. The van der Waals surface area contributed by atoms with Crippen molar-refractivity contribution in [1.29, 1.82) is 0 Å². The Hall–Kier alpha value is -4.36. The third-order valence-corrected chi connectivity index (χ3v) is 7.57. The Balaban J connectivity index is 2.40. The zero-order chi connectivity index (χ0) is 35.3. The molecule has 4 atom stereocenters. The fourth-order valence-electron chi connectivity index (χ4n) is 4.70. The van der Waals surface area contributed by atoms with E-state index >= 15 is 0 Å². The monoisotopic (exact) mass is 655 g/mol. The SMILES string of the molecule is COc1ccc(CN(CC(O)C(Cc2ccccc2)NC(=O)[C@@H](NC(=O)N(C)C)C(C)C)NC(=O)[C@@H](NC(=O)N(C)C)C(C)C)cc1. The van der Waals surface area contributed by atoms with Crippen LogP contribution in [0.4, 0.5) is 9.59 Å². The lowest BCUT2D eigenvalue weighted by molar-refractivity contribution is -0.131. The van der Waals surface area contributed by atoms with E-state index in [2.05, 4.69) is 21.4 Å². The lowest BCUT2D eigenvalue weighted by Gasteiger charge is -2.33. The molecule has 0 heterocycles. The molecule has 0 aliphatic rings. The average Bonchev–Trinajstić information content (AvgIpc) is 3.01. The van der Waals surface area contributed by atoms with Crippen LogP contribution in [0.2, 0.25) is 0 Å². The molecule has 2 unspecified atom stereocenters. The summed E-state index contributed by atoms with van der Waals surface area (Å²) in [6.07, 6.45) is -0.873. The number of benzene rings is 2. The van der Waals surface area contributed by atoms with Gasteiger partial charge in [-0.3, -0.25) is 15.0 Å². The quantitative estimate of drug-likeness (QED) is 0.174. The largest absolute Gasteiger partial charge is 0.497 e. The van der Waals surface area contributed by atoms with Gasteiger partial charge in [0.25, 0.3) is 5.91 Å². The number of hydrogen-bond acceptors (Lipinski definition) is 7. The molecular formula is C34H53N7O6. The van der Waals surface area contributed by atoms with Crippen molar-refractivity contribution >= 4 is 23.9 Å². The number of nitrogens with zero attached hydrogens (tertiary/aromatic N) is 3. The molecule has 5 N–H and O–H groups in total. The van der Waals surface area contributed by atoms with Gasteiger partial charge in [0, 0.05) is 41.3 Å². The molecule has 0 aromatic heterocycles. The maximum absolute atomic E-state index is 13.6. The Morgan fingerprint density at radius 1 is 0.723 bits per heavy atom. The van der Waals surface area contributed by atoms with E-state index < -0.39 is 48.1 Å². The van der Waals surface area contributed by atoms with Crippen LogP contribution in [0.25, 0.3) is 0 Å². The van der Waals surface area contributed by atoms with Gasteiger partial charge in [0.1, 0.15) is 17.8 Å². The first kappa shape index (κ1) is 38.8. The minimum Gasteiger partial charge on any atom is -0.497 e. The van der Waals surface area contributed by atoms with Crippen molar-refractivity contribution < 1.29 is 29.0 Å². The van der Waals surface area contributed by atoms with E-state index in [1.807, 2.05) is 70.2 Å². The number of hydrogen-bond donors (Lipinski definition) is 5. The number of aliphatic hydroxyl groups excluding tert-OH is 1. The number of carbonyl (C=O) groups excluding carboxylic acids is 4. The van der Waals surface area contributed by atoms with Crippen LogP contribution in [0, 0.1) is 11.8 Å². The summed E-state index contributed by atoms with van der Waals surface area (Å²) in [5, 5.41) is 21.8. The van der Waals surface area contributed by atoms with Crippen molar-refractivity contribution in [2.45, 2.75) is 64.9 Å². The summed E-state index contributed by atoms with van der Waals surface area (Å²) >= 11 is 0. The number of amides is 6. The summed E-state index contributed by atoms with van der Waals surface area (Å²) in [7, 11) is 7.94. The molecule has 0 saturated heterocycles. The minimum atomic E-state index is -1.16. The summed E-state index contributed by atoms with van der Waals surface area (Å²) in [6.45, 7) is 7.45. The lowest BCUT2D eigenvalue weighted by Crippen LogP contribution is -2.59. The first-order valence-corrected chi connectivity index (χ1v) is 15.8. The number of ether oxygens (including phenoxy) is 1. The fourth-order valence-corrected chi connectivity index (χ4v) is 4.70. The molecule has 0 aliphatic carbocycles. The molecule has 2 rings (SSSR count). The van der Waals surface area contributed by atoms with Crippen LogP contribution in [0.15, 0.2) is 54.6 Å². The van der Waals surface area contributed by atoms with Gasteiger partial charge in [-0.15, -0.1) is 0 Å². The van der Waals surface area contributed by atoms with Gasteiger partial charge < -0.3 is 35.6 Å². The second kappa shape index (κ2) is 18.7. The standard InChI is InChI=1S/C34H53N7O6/c1-22(2)29(36-33(45)39(5)6)31(43)35-27(19-24-13-11-10-12-14-24)28(42)21-41(20-25-15-17-26(47-9)18-16-25)38-32(44)30(23(3)4)37-34(46)40(7)8/h10-18,22-23,27-30,42H,19-21H2,1-9H3,(H,35,43)(H,36,45)(H,37,46)(H,38,44)/t27?,28?,29-,30-/m0/s1. The second-order valence-electron chi connectivity index (χ2n) is 12.7. The lowest BCUT2D eigenvalue weighted by atomic mass is 9.98. The van der Waals surface area contributed by atoms with E-state index in [4.69, 9.17) is 4.74 Å². The van der Waals surface area contributed by atoms with Crippen molar-refractivity contribution in [3.63, 3.8) is 0 Å². The highest BCUT2D eigenvalue weighted by molar-refractivity contribution is 5.88. The maximum Gasteiger partial charge on any atom is 0.317 e. The van der Waals surface area contributed by atoms with Gasteiger partial charge in [-0.1, -0.05) is 70.2 Å². The van der Waals surface area contributed by atoms with Crippen molar-refractivity contribution in [3.8, 4) is 5.75 Å². The van der Waals surface area contributed by atoms with E-state index in [1.165, 1.54) is 9.80 Å². The topological polar surface area (TPSA) is 156 Å². The average molecular weight is 656 g/mol. The molecule has 260 valence electrons. The Morgan fingerprint density at radius 3 is 1.70 bits per heavy atom. The number of hydrazine groups is 1. The maximum atomic E-state index is 13.6. The van der Waals surface area contributed by atoms with E-state index in [0.717, 1.165) is 11.1 Å². The van der Waals surface area contributed by atoms with Crippen LogP contribution in [-0.4, -0.2) is 110 Å². The minimum absolute atomic E-state index is 0.0710. The Morgan fingerprint density at radius 2 is 1.23 bits per heavy atom. The smallest absolute Gasteiger partial charge is 0.317 e.